The first-order valence-electron chi connectivity index (χ1n) is 5.72. The monoisotopic (exact) mass is 252 g/mol. The van der Waals surface area contributed by atoms with E-state index in [0.717, 1.165) is 5.69 Å². The molecule has 19 heavy (non-hydrogen) atoms. The molecule has 0 radical (unpaired) electrons. The molecule has 0 bridgehead atoms. The smallest absolute Gasteiger partial charge is 0.159 e. The van der Waals surface area contributed by atoms with E-state index in [4.69, 9.17) is 5.26 Å². The van der Waals surface area contributed by atoms with E-state index in [1.54, 1.807) is 37.3 Å². The molecule has 0 saturated heterocycles. The van der Waals surface area contributed by atoms with Crippen molar-refractivity contribution in [3.05, 3.63) is 47.4 Å². The predicted octanol–water partition coefficient (Wildman–Crippen LogP) is 2.60. The van der Waals surface area contributed by atoms with Gasteiger partial charge in [0.05, 0.1) is 0 Å². The van der Waals surface area contributed by atoms with Gasteiger partial charge in [0.15, 0.2) is 5.78 Å². The summed E-state index contributed by atoms with van der Waals surface area (Å²) >= 11 is 0. The lowest BCUT2D eigenvalue weighted by atomic mass is 10.1. The van der Waals surface area contributed by atoms with Crippen LogP contribution in [0.5, 0.6) is 0 Å². The number of ketones is 1. The van der Waals surface area contributed by atoms with Crippen LogP contribution in [0.25, 0.3) is 0 Å². The quantitative estimate of drug-likeness (QED) is 0.849. The zero-order valence-corrected chi connectivity index (χ0v) is 10.6. The van der Waals surface area contributed by atoms with Gasteiger partial charge < -0.3 is 5.32 Å². The second-order valence-corrected chi connectivity index (χ2v) is 4.06. The van der Waals surface area contributed by atoms with Crippen LogP contribution in [-0.2, 0) is 0 Å². The summed E-state index contributed by atoms with van der Waals surface area (Å²) in [6, 6.07) is 10.6. The van der Waals surface area contributed by atoms with Crippen LogP contribution in [0.2, 0.25) is 0 Å². The Kier molecular flexibility index (Phi) is 3.53. The van der Waals surface area contributed by atoms with E-state index >= 15 is 0 Å². The molecule has 2 rings (SSSR count). The number of nitrogens with one attached hydrogen (secondary N) is 1. The van der Waals surface area contributed by atoms with Gasteiger partial charge in [0.25, 0.3) is 0 Å². The molecule has 0 fully saturated rings. The molecule has 0 unspecified atom stereocenters. The van der Waals surface area contributed by atoms with Crippen molar-refractivity contribution in [3.8, 4) is 6.07 Å². The Morgan fingerprint density at radius 2 is 1.95 bits per heavy atom. The van der Waals surface area contributed by atoms with E-state index < -0.39 is 0 Å². The number of nitriles is 1. The third-order valence-electron chi connectivity index (χ3n) is 2.52. The van der Waals surface area contributed by atoms with Crippen molar-refractivity contribution in [2.75, 3.05) is 5.32 Å². The Bertz CT molecular complexity index is 656. The Morgan fingerprint density at radius 3 is 2.53 bits per heavy atom. The maximum absolute atomic E-state index is 11.2. The number of carbonyl (C=O) groups is 1. The van der Waals surface area contributed by atoms with Crippen LogP contribution < -0.4 is 5.32 Å². The molecule has 0 aliphatic carbocycles. The molecule has 0 amide bonds. The first-order valence-corrected chi connectivity index (χ1v) is 5.72. The summed E-state index contributed by atoms with van der Waals surface area (Å²) in [5, 5.41) is 11.9. The van der Waals surface area contributed by atoms with Crippen molar-refractivity contribution in [3.63, 3.8) is 0 Å². The molecule has 5 nitrogen and oxygen atoms in total. The molecule has 1 aromatic heterocycles. The summed E-state index contributed by atoms with van der Waals surface area (Å²) in [5.41, 5.74) is 1.77. The van der Waals surface area contributed by atoms with Gasteiger partial charge in [-0.15, -0.1) is 0 Å². The van der Waals surface area contributed by atoms with E-state index in [2.05, 4.69) is 15.3 Å². The minimum Gasteiger partial charge on any atom is -0.340 e. The Morgan fingerprint density at radius 1 is 1.26 bits per heavy atom. The zero-order valence-electron chi connectivity index (χ0n) is 10.6. The topological polar surface area (TPSA) is 78.7 Å². The Hall–Kier alpha value is -2.74. The highest BCUT2D eigenvalue weighted by atomic mass is 16.1. The number of hydrogen-bond acceptors (Lipinski definition) is 5. The number of rotatable bonds is 3. The fourth-order valence-electron chi connectivity index (χ4n) is 1.63. The standard InChI is InChI=1S/C14H12N4O/c1-9(19)11-3-5-12(6-4-11)18-14-7-13(8-15)16-10(2)17-14/h3-7H,1-2H3,(H,16,17,18). The molecule has 1 heterocycles. The van der Waals surface area contributed by atoms with Crippen molar-refractivity contribution in [1.29, 1.82) is 5.26 Å². The summed E-state index contributed by atoms with van der Waals surface area (Å²) < 4.78 is 0. The number of aryl methyl sites for hydroxylation is 1. The van der Waals surface area contributed by atoms with E-state index in [1.807, 2.05) is 6.07 Å². The number of Topliss-reactive ketones (excluding diaryl/α,β-unsaturated/α-hetero) is 1. The molecule has 0 aliphatic heterocycles. The van der Waals surface area contributed by atoms with Gasteiger partial charge in [-0.25, -0.2) is 9.97 Å². The van der Waals surface area contributed by atoms with E-state index in [-0.39, 0.29) is 5.78 Å². The van der Waals surface area contributed by atoms with E-state index in [1.165, 1.54) is 6.92 Å². The van der Waals surface area contributed by atoms with E-state index in [0.29, 0.717) is 22.9 Å². The SMILES string of the molecule is CC(=O)c1ccc(Nc2cc(C#N)nc(C)n2)cc1. The minimum absolute atomic E-state index is 0.0243. The molecule has 0 atom stereocenters. The summed E-state index contributed by atoms with van der Waals surface area (Å²) in [6.07, 6.45) is 0. The van der Waals surface area contributed by atoms with Gasteiger partial charge in [0.1, 0.15) is 23.4 Å². The fraction of sp³-hybridized carbons (Fsp3) is 0.143. The predicted molar refractivity (Wildman–Crippen MR) is 71.2 cm³/mol. The van der Waals surface area contributed by atoms with Crippen molar-refractivity contribution in [2.24, 2.45) is 0 Å². The fourth-order valence-corrected chi connectivity index (χ4v) is 1.63. The van der Waals surface area contributed by atoms with Crippen LogP contribution in [0, 0.1) is 18.3 Å². The number of anilines is 2. The molecule has 5 heteroatoms. The largest absolute Gasteiger partial charge is 0.340 e. The lowest BCUT2D eigenvalue weighted by molar-refractivity contribution is 0.101. The van der Waals surface area contributed by atoms with Crippen molar-refractivity contribution >= 4 is 17.3 Å². The third-order valence-corrected chi connectivity index (χ3v) is 2.52. The second kappa shape index (κ2) is 5.27. The Balaban J connectivity index is 2.24. The maximum atomic E-state index is 11.2. The number of nitrogens with zero attached hydrogens (tertiary/aromatic N) is 3. The number of benzene rings is 1. The van der Waals surface area contributed by atoms with Gasteiger partial charge in [-0.05, 0) is 38.1 Å². The molecule has 0 aliphatic rings. The van der Waals surface area contributed by atoms with Crippen LogP contribution in [0.3, 0.4) is 0 Å². The van der Waals surface area contributed by atoms with Gasteiger partial charge in [0, 0.05) is 17.3 Å². The highest BCUT2D eigenvalue weighted by Gasteiger charge is 2.03. The lowest BCUT2D eigenvalue weighted by Crippen LogP contribution is -1.99. The molecule has 0 spiro atoms. The summed E-state index contributed by atoms with van der Waals surface area (Å²) in [7, 11) is 0. The third kappa shape index (κ3) is 3.13. The number of hydrogen-bond donors (Lipinski definition) is 1. The van der Waals surface area contributed by atoms with Gasteiger partial charge in [-0.3, -0.25) is 4.79 Å². The van der Waals surface area contributed by atoms with Crippen LogP contribution in [0.1, 0.15) is 28.8 Å². The molecular weight excluding hydrogens is 240 g/mol. The molecular formula is C14H12N4O. The number of carbonyl (C=O) groups excluding carboxylic acids is 1. The van der Waals surface area contributed by atoms with Crippen LogP contribution in [-0.4, -0.2) is 15.8 Å². The van der Waals surface area contributed by atoms with Crippen molar-refractivity contribution < 1.29 is 4.79 Å². The van der Waals surface area contributed by atoms with Crippen molar-refractivity contribution in [2.45, 2.75) is 13.8 Å². The maximum Gasteiger partial charge on any atom is 0.159 e. The molecule has 2 aromatic rings. The average Bonchev–Trinajstić information content (AvgIpc) is 2.38. The summed E-state index contributed by atoms with van der Waals surface area (Å²) in [6.45, 7) is 3.25. The van der Waals surface area contributed by atoms with Crippen LogP contribution in [0.15, 0.2) is 30.3 Å². The zero-order chi connectivity index (χ0) is 13.8. The molecule has 1 aromatic carbocycles. The first-order chi connectivity index (χ1) is 9.08. The normalized spacial score (nSPS) is 9.74. The van der Waals surface area contributed by atoms with Crippen LogP contribution in [0.4, 0.5) is 11.5 Å². The summed E-state index contributed by atoms with van der Waals surface area (Å²) in [5.74, 6) is 1.11. The average molecular weight is 252 g/mol. The Labute approximate surface area is 110 Å². The van der Waals surface area contributed by atoms with Gasteiger partial charge in [-0.2, -0.15) is 5.26 Å². The number of aromatic nitrogens is 2. The minimum atomic E-state index is 0.0243. The first kappa shape index (κ1) is 12.7. The summed E-state index contributed by atoms with van der Waals surface area (Å²) in [4.78, 5) is 19.3. The van der Waals surface area contributed by atoms with Crippen molar-refractivity contribution in [1.82, 2.24) is 9.97 Å². The van der Waals surface area contributed by atoms with Crippen LogP contribution >= 0.6 is 0 Å². The highest BCUT2D eigenvalue weighted by molar-refractivity contribution is 5.94. The van der Waals surface area contributed by atoms with Gasteiger partial charge in [0.2, 0.25) is 0 Å². The highest BCUT2D eigenvalue weighted by Crippen LogP contribution is 2.16. The molecule has 0 saturated carbocycles. The van der Waals surface area contributed by atoms with Gasteiger partial charge in [-0.1, -0.05) is 0 Å². The molecule has 94 valence electrons. The lowest BCUT2D eigenvalue weighted by Gasteiger charge is -2.06. The van der Waals surface area contributed by atoms with E-state index in [9.17, 15) is 4.79 Å². The molecule has 1 N–H and O–H groups in total. The van der Waals surface area contributed by atoms with Gasteiger partial charge >= 0.3 is 0 Å². The second-order valence-electron chi connectivity index (χ2n) is 4.06.